The first-order chi connectivity index (χ1) is 12.1. The molecule has 126 valence electrons. The number of rotatable bonds is 5. The minimum atomic E-state index is -0.304. The van der Waals surface area contributed by atoms with Gasteiger partial charge in [0, 0.05) is 18.3 Å². The molecule has 0 radical (unpaired) electrons. The van der Waals surface area contributed by atoms with E-state index in [9.17, 15) is 9.18 Å². The van der Waals surface area contributed by atoms with Crippen LogP contribution in [0.25, 0.3) is 0 Å². The van der Waals surface area contributed by atoms with E-state index in [1.807, 2.05) is 18.2 Å². The second kappa shape index (κ2) is 7.53. The molecule has 1 aromatic heterocycles. The van der Waals surface area contributed by atoms with E-state index in [1.54, 1.807) is 37.3 Å². The zero-order valence-corrected chi connectivity index (χ0v) is 13.7. The lowest BCUT2D eigenvalue weighted by Crippen LogP contribution is -2.15. The first kappa shape index (κ1) is 16.6. The maximum Gasteiger partial charge on any atom is 0.274 e. The van der Waals surface area contributed by atoms with Crippen molar-refractivity contribution in [2.45, 2.75) is 13.5 Å². The Bertz CT molecular complexity index is 866. The number of halogens is 1. The minimum Gasteiger partial charge on any atom is -0.366 e. The average Bonchev–Trinajstić information content (AvgIpc) is 2.61. The number of aryl methyl sites for hydroxylation is 1. The van der Waals surface area contributed by atoms with E-state index in [4.69, 9.17) is 0 Å². The smallest absolute Gasteiger partial charge is 0.274 e. The number of amides is 1. The summed E-state index contributed by atoms with van der Waals surface area (Å²) in [5.41, 5.74) is 1.88. The van der Waals surface area contributed by atoms with Gasteiger partial charge >= 0.3 is 0 Å². The van der Waals surface area contributed by atoms with Crippen molar-refractivity contribution >= 4 is 17.4 Å². The Hall–Kier alpha value is -3.28. The van der Waals surface area contributed by atoms with Crippen molar-refractivity contribution in [1.82, 2.24) is 9.97 Å². The zero-order valence-electron chi connectivity index (χ0n) is 13.7. The molecule has 0 aliphatic heterocycles. The van der Waals surface area contributed by atoms with Gasteiger partial charge in [-0.05, 0) is 36.8 Å². The van der Waals surface area contributed by atoms with Gasteiger partial charge < -0.3 is 10.6 Å². The summed E-state index contributed by atoms with van der Waals surface area (Å²) < 4.78 is 12.9. The monoisotopic (exact) mass is 336 g/mol. The van der Waals surface area contributed by atoms with Gasteiger partial charge in [0.1, 0.15) is 23.2 Å². The van der Waals surface area contributed by atoms with E-state index in [2.05, 4.69) is 20.6 Å². The van der Waals surface area contributed by atoms with Crippen LogP contribution in [-0.4, -0.2) is 15.9 Å². The Balaban J connectivity index is 1.71. The molecule has 0 fully saturated rings. The molecule has 3 aromatic rings. The zero-order chi connectivity index (χ0) is 17.6. The quantitative estimate of drug-likeness (QED) is 0.744. The molecule has 1 heterocycles. The maximum atomic E-state index is 12.9. The van der Waals surface area contributed by atoms with E-state index >= 15 is 0 Å². The lowest BCUT2D eigenvalue weighted by Gasteiger charge is -2.09. The van der Waals surface area contributed by atoms with Gasteiger partial charge in [-0.2, -0.15) is 0 Å². The third-order valence-corrected chi connectivity index (χ3v) is 3.49. The van der Waals surface area contributed by atoms with Gasteiger partial charge in [-0.25, -0.2) is 14.4 Å². The molecule has 0 bridgehead atoms. The Morgan fingerprint density at radius 2 is 1.76 bits per heavy atom. The van der Waals surface area contributed by atoms with Crippen molar-refractivity contribution < 1.29 is 9.18 Å². The van der Waals surface area contributed by atoms with Crippen LogP contribution in [0.5, 0.6) is 0 Å². The Morgan fingerprint density at radius 3 is 2.48 bits per heavy atom. The molecule has 2 aromatic carbocycles. The molecule has 0 aliphatic carbocycles. The van der Waals surface area contributed by atoms with Crippen LogP contribution in [-0.2, 0) is 6.54 Å². The summed E-state index contributed by atoms with van der Waals surface area (Å²) in [7, 11) is 0. The standard InChI is InChI=1S/C19H17FN4O/c1-13-22-17(19(25)24-16-5-3-2-4-6-16)11-18(23-13)21-12-14-7-9-15(20)10-8-14/h2-11H,12H2,1H3,(H,24,25)(H,21,22,23). The molecule has 2 N–H and O–H groups in total. The van der Waals surface area contributed by atoms with Crippen LogP contribution >= 0.6 is 0 Å². The van der Waals surface area contributed by atoms with Crippen LogP contribution in [0, 0.1) is 12.7 Å². The van der Waals surface area contributed by atoms with Gasteiger partial charge in [-0.15, -0.1) is 0 Å². The van der Waals surface area contributed by atoms with Crippen LogP contribution in [0.15, 0.2) is 60.7 Å². The van der Waals surface area contributed by atoms with Gasteiger partial charge in [0.25, 0.3) is 5.91 Å². The van der Waals surface area contributed by atoms with Crippen LogP contribution < -0.4 is 10.6 Å². The highest BCUT2D eigenvalue weighted by atomic mass is 19.1. The van der Waals surface area contributed by atoms with E-state index in [0.29, 0.717) is 23.9 Å². The van der Waals surface area contributed by atoms with Crippen LogP contribution in [0.4, 0.5) is 15.9 Å². The number of hydrogen-bond acceptors (Lipinski definition) is 4. The molecular weight excluding hydrogens is 319 g/mol. The third-order valence-electron chi connectivity index (χ3n) is 3.49. The summed E-state index contributed by atoms with van der Waals surface area (Å²) in [5.74, 6) is 0.445. The van der Waals surface area contributed by atoms with Crippen molar-refractivity contribution in [3.05, 3.63) is 83.6 Å². The number of benzene rings is 2. The Labute approximate surface area is 145 Å². The summed E-state index contributed by atoms with van der Waals surface area (Å²) in [5, 5.41) is 5.92. The molecule has 1 amide bonds. The lowest BCUT2D eigenvalue weighted by atomic mass is 10.2. The highest BCUT2D eigenvalue weighted by Crippen LogP contribution is 2.12. The Kier molecular flexibility index (Phi) is 4.99. The normalized spacial score (nSPS) is 10.3. The molecule has 0 unspecified atom stereocenters. The fourth-order valence-electron chi connectivity index (χ4n) is 2.29. The van der Waals surface area contributed by atoms with Gasteiger partial charge in [0.2, 0.25) is 0 Å². The number of para-hydroxylation sites is 1. The van der Waals surface area contributed by atoms with Gasteiger partial charge in [-0.1, -0.05) is 30.3 Å². The van der Waals surface area contributed by atoms with Crippen molar-refractivity contribution in [1.29, 1.82) is 0 Å². The first-order valence-corrected chi connectivity index (χ1v) is 7.80. The second-order valence-electron chi connectivity index (χ2n) is 5.49. The van der Waals surface area contributed by atoms with Gasteiger partial charge in [0.15, 0.2) is 0 Å². The van der Waals surface area contributed by atoms with Crippen molar-refractivity contribution in [3.63, 3.8) is 0 Å². The van der Waals surface area contributed by atoms with E-state index < -0.39 is 0 Å². The second-order valence-corrected chi connectivity index (χ2v) is 5.49. The first-order valence-electron chi connectivity index (χ1n) is 7.80. The average molecular weight is 336 g/mol. The number of aromatic nitrogens is 2. The molecule has 6 heteroatoms. The number of carbonyl (C=O) groups is 1. The van der Waals surface area contributed by atoms with Crippen molar-refractivity contribution in [3.8, 4) is 0 Å². The molecule has 5 nitrogen and oxygen atoms in total. The summed E-state index contributed by atoms with van der Waals surface area (Å²) in [6, 6.07) is 17.0. The van der Waals surface area contributed by atoms with E-state index in [-0.39, 0.29) is 17.4 Å². The highest BCUT2D eigenvalue weighted by Gasteiger charge is 2.11. The minimum absolute atomic E-state index is 0.276. The molecule has 0 aliphatic rings. The van der Waals surface area contributed by atoms with Crippen LogP contribution in [0.2, 0.25) is 0 Å². The van der Waals surface area contributed by atoms with Crippen molar-refractivity contribution in [2.75, 3.05) is 10.6 Å². The van der Waals surface area contributed by atoms with Gasteiger partial charge in [0.05, 0.1) is 0 Å². The number of nitrogens with one attached hydrogen (secondary N) is 2. The largest absolute Gasteiger partial charge is 0.366 e. The number of hydrogen-bond donors (Lipinski definition) is 2. The molecule has 0 atom stereocenters. The van der Waals surface area contributed by atoms with E-state index in [0.717, 1.165) is 5.56 Å². The topological polar surface area (TPSA) is 66.9 Å². The van der Waals surface area contributed by atoms with Crippen molar-refractivity contribution in [2.24, 2.45) is 0 Å². The van der Waals surface area contributed by atoms with Crippen LogP contribution in [0.3, 0.4) is 0 Å². The summed E-state index contributed by atoms with van der Waals surface area (Å²) in [4.78, 5) is 20.8. The predicted molar refractivity (Wildman–Crippen MR) is 94.9 cm³/mol. The fraction of sp³-hybridized carbons (Fsp3) is 0.105. The fourth-order valence-corrected chi connectivity index (χ4v) is 2.29. The summed E-state index contributed by atoms with van der Waals surface area (Å²) in [6.45, 7) is 2.19. The summed E-state index contributed by atoms with van der Waals surface area (Å²) in [6.07, 6.45) is 0. The molecule has 0 saturated carbocycles. The summed E-state index contributed by atoms with van der Waals surface area (Å²) >= 11 is 0. The maximum absolute atomic E-state index is 12.9. The third kappa shape index (κ3) is 4.60. The van der Waals surface area contributed by atoms with Crippen LogP contribution in [0.1, 0.15) is 21.9 Å². The van der Waals surface area contributed by atoms with E-state index in [1.165, 1.54) is 12.1 Å². The molecule has 0 saturated heterocycles. The number of anilines is 2. The molecule has 3 rings (SSSR count). The molecule has 25 heavy (non-hydrogen) atoms. The number of carbonyl (C=O) groups excluding carboxylic acids is 1. The molecule has 0 spiro atoms. The highest BCUT2D eigenvalue weighted by molar-refractivity contribution is 6.03. The lowest BCUT2D eigenvalue weighted by molar-refractivity contribution is 0.102. The molecular formula is C19H17FN4O. The Morgan fingerprint density at radius 1 is 1.04 bits per heavy atom. The number of nitrogens with zero attached hydrogens (tertiary/aromatic N) is 2. The SMILES string of the molecule is Cc1nc(NCc2ccc(F)cc2)cc(C(=O)Nc2ccccc2)n1. The predicted octanol–water partition coefficient (Wildman–Crippen LogP) is 3.79. The van der Waals surface area contributed by atoms with Gasteiger partial charge in [-0.3, -0.25) is 4.79 Å².